The maximum Gasteiger partial charge on any atom is 0.144 e. The lowest BCUT2D eigenvalue weighted by atomic mass is 10.1. The third-order valence-electron chi connectivity index (χ3n) is 3.40. The lowest BCUT2D eigenvalue weighted by Crippen LogP contribution is -2.35. The van der Waals surface area contributed by atoms with Gasteiger partial charge in [0.2, 0.25) is 0 Å². The zero-order chi connectivity index (χ0) is 14.3. The Kier molecular flexibility index (Phi) is 3.42. The van der Waals surface area contributed by atoms with E-state index in [4.69, 9.17) is 4.98 Å². The summed E-state index contributed by atoms with van der Waals surface area (Å²) in [6.07, 6.45) is 4.54. The van der Waals surface area contributed by atoms with Crippen molar-refractivity contribution in [3.8, 4) is 10.7 Å². The second kappa shape index (κ2) is 4.97. The molecule has 0 saturated heterocycles. The molecule has 108 valence electrons. The van der Waals surface area contributed by atoms with Gasteiger partial charge in [0.05, 0.1) is 5.69 Å². The second-order valence-electron chi connectivity index (χ2n) is 6.58. The van der Waals surface area contributed by atoms with Crippen molar-refractivity contribution in [1.82, 2.24) is 20.1 Å². The number of aryl methyl sites for hydroxylation is 1. The Morgan fingerprint density at radius 1 is 1.40 bits per heavy atom. The molecule has 0 aliphatic heterocycles. The molecule has 1 N–H and O–H groups in total. The van der Waals surface area contributed by atoms with E-state index in [1.54, 1.807) is 11.3 Å². The van der Waals surface area contributed by atoms with Gasteiger partial charge < -0.3 is 5.32 Å². The Morgan fingerprint density at radius 2 is 2.15 bits per heavy atom. The SMILES string of the molecule is Cn1ccc(-c2nc(C3CC3)c(CNC(C)(C)C)s2)n1. The molecule has 2 aromatic heterocycles. The van der Waals surface area contributed by atoms with Crippen LogP contribution in [0.25, 0.3) is 10.7 Å². The molecule has 5 heteroatoms. The molecule has 1 saturated carbocycles. The van der Waals surface area contributed by atoms with Crippen molar-refractivity contribution < 1.29 is 0 Å². The molecule has 1 aliphatic carbocycles. The maximum atomic E-state index is 4.86. The first-order chi connectivity index (χ1) is 9.42. The molecular weight excluding hydrogens is 268 g/mol. The highest BCUT2D eigenvalue weighted by atomic mass is 32.1. The van der Waals surface area contributed by atoms with Gasteiger partial charge in [0.25, 0.3) is 0 Å². The summed E-state index contributed by atoms with van der Waals surface area (Å²) < 4.78 is 1.83. The summed E-state index contributed by atoms with van der Waals surface area (Å²) in [5, 5.41) is 9.10. The topological polar surface area (TPSA) is 42.7 Å². The fourth-order valence-electron chi connectivity index (χ4n) is 2.15. The first-order valence-corrected chi connectivity index (χ1v) is 7.99. The van der Waals surface area contributed by atoms with Gasteiger partial charge in [-0.15, -0.1) is 11.3 Å². The largest absolute Gasteiger partial charge is 0.307 e. The zero-order valence-corrected chi connectivity index (χ0v) is 13.4. The van der Waals surface area contributed by atoms with Crippen LogP contribution in [-0.4, -0.2) is 20.3 Å². The molecule has 20 heavy (non-hydrogen) atoms. The van der Waals surface area contributed by atoms with Gasteiger partial charge in [-0.05, 0) is 39.7 Å². The number of aromatic nitrogens is 3. The van der Waals surface area contributed by atoms with Gasteiger partial charge in [-0.2, -0.15) is 5.10 Å². The number of nitrogens with zero attached hydrogens (tertiary/aromatic N) is 3. The molecule has 0 bridgehead atoms. The minimum atomic E-state index is 0.135. The van der Waals surface area contributed by atoms with Gasteiger partial charge in [-0.1, -0.05) is 0 Å². The molecule has 0 amide bonds. The minimum Gasteiger partial charge on any atom is -0.307 e. The van der Waals surface area contributed by atoms with Crippen molar-refractivity contribution in [2.24, 2.45) is 7.05 Å². The van der Waals surface area contributed by atoms with Gasteiger partial charge >= 0.3 is 0 Å². The third-order valence-corrected chi connectivity index (χ3v) is 4.50. The predicted molar refractivity (Wildman–Crippen MR) is 82.9 cm³/mol. The quantitative estimate of drug-likeness (QED) is 0.939. The van der Waals surface area contributed by atoms with Crippen LogP contribution in [0.5, 0.6) is 0 Å². The average Bonchev–Trinajstić information content (AvgIpc) is 2.96. The second-order valence-corrected chi connectivity index (χ2v) is 7.66. The van der Waals surface area contributed by atoms with Crippen LogP contribution in [0.4, 0.5) is 0 Å². The molecular formula is C15H22N4S. The van der Waals surface area contributed by atoms with Crippen LogP contribution >= 0.6 is 11.3 Å². The Morgan fingerprint density at radius 3 is 2.70 bits per heavy atom. The van der Waals surface area contributed by atoms with Crippen LogP contribution in [0.1, 0.15) is 50.1 Å². The minimum absolute atomic E-state index is 0.135. The maximum absolute atomic E-state index is 4.86. The van der Waals surface area contributed by atoms with Crippen molar-refractivity contribution in [3.05, 3.63) is 22.8 Å². The molecule has 2 heterocycles. The first-order valence-electron chi connectivity index (χ1n) is 7.17. The summed E-state index contributed by atoms with van der Waals surface area (Å²) in [5.74, 6) is 0.681. The fraction of sp³-hybridized carbons (Fsp3) is 0.600. The van der Waals surface area contributed by atoms with Gasteiger partial charge in [0.15, 0.2) is 0 Å². The van der Waals surface area contributed by atoms with E-state index in [-0.39, 0.29) is 5.54 Å². The van der Waals surface area contributed by atoms with E-state index in [1.807, 2.05) is 24.0 Å². The number of rotatable bonds is 4. The van der Waals surface area contributed by atoms with E-state index in [1.165, 1.54) is 23.4 Å². The number of thiazole rings is 1. The molecule has 1 fully saturated rings. The van der Waals surface area contributed by atoms with E-state index >= 15 is 0 Å². The number of nitrogens with one attached hydrogen (secondary N) is 1. The summed E-state index contributed by atoms with van der Waals surface area (Å²) in [6.45, 7) is 7.50. The van der Waals surface area contributed by atoms with Crippen LogP contribution in [0.2, 0.25) is 0 Å². The molecule has 3 rings (SSSR count). The van der Waals surface area contributed by atoms with E-state index in [9.17, 15) is 0 Å². The zero-order valence-electron chi connectivity index (χ0n) is 12.6. The van der Waals surface area contributed by atoms with E-state index in [0.717, 1.165) is 17.2 Å². The average molecular weight is 290 g/mol. The molecule has 0 aromatic carbocycles. The Balaban J connectivity index is 1.86. The predicted octanol–water partition coefficient (Wildman–Crippen LogP) is 3.31. The van der Waals surface area contributed by atoms with E-state index in [2.05, 4.69) is 31.2 Å². The molecule has 4 nitrogen and oxygen atoms in total. The van der Waals surface area contributed by atoms with Crippen molar-refractivity contribution in [2.45, 2.75) is 51.6 Å². The highest BCUT2D eigenvalue weighted by Gasteiger charge is 2.30. The van der Waals surface area contributed by atoms with E-state index < -0.39 is 0 Å². The molecule has 2 aromatic rings. The van der Waals surface area contributed by atoms with Gasteiger partial charge in [-0.3, -0.25) is 4.68 Å². The summed E-state index contributed by atoms with van der Waals surface area (Å²) in [4.78, 5) is 6.24. The van der Waals surface area contributed by atoms with Crippen LogP contribution in [0.3, 0.4) is 0 Å². The lowest BCUT2D eigenvalue weighted by Gasteiger charge is -2.20. The smallest absolute Gasteiger partial charge is 0.144 e. The molecule has 0 radical (unpaired) electrons. The normalized spacial score (nSPS) is 15.8. The standard InChI is InChI=1S/C15H22N4S/c1-15(2,3)16-9-12-13(10-5-6-10)17-14(20-12)11-7-8-19(4)18-11/h7-8,10,16H,5-6,9H2,1-4H3. The summed E-state index contributed by atoms with van der Waals surface area (Å²) >= 11 is 1.79. The number of hydrogen-bond acceptors (Lipinski definition) is 4. The van der Waals surface area contributed by atoms with Gasteiger partial charge in [-0.25, -0.2) is 4.98 Å². The molecule has 0 atom stereocenters. The lowest BCUT2D eigenvalue weighted by molar-refractivity contribution is 0.425. The van der Waals surface area contributed by atoms with Crippen LogP contribution < -0.4 is 5.32 Å². The van der Waals surface area contributed by atoms with Crippen LogP contribution in [0.15, 0.2) is 12.3 Å². The Labute approximate surface area is 124 Å². The highest BCUT2D eigenvalue weighted by Crippen LogP contribution is 2.44. The van der Waals surface area contributed by atoms with Crippen molar-refractivity contribution in [3.63, 3.8) is 0 Å². The van der Waals surface area contributed by atoms with Gasteiger partial charge in [0, 0.05) is 36.1 Å². The van der Waals surface area contributed by atoms with Crippen molar-refractivity contribution >= 4 is 11.3 Å². The summed E-state index contributed by atoms with van der Waals surface area (Å²) in [7, 11) is 1.95. The van der Waals surface area contributed by atoms with Crippen LogP contribution in [-0.2, 0) is 13.6 Å². The van der Waals surface area contributed by atoms with Gasteiger partial charge in [0.1, 0.15) is 10.7 Å². The highest BCUT2D eigenvalue weighted by molar-refractivity contribution is 7.15. The molecule has 1 aliphatic rings. The van der Waals surface area contributed by atoms with Crippen LogP contribution in [0, 0.1) is 0 Å². The Hall–Kier alpha value is -1.20. The molecule has 0 spiro atoms. The summed E-state index contributed by atoms with van der Waals surface area (Å²) in [6, 6.07) is 2.04. The van der Waals surface area contributed by atoms with E-state index in [0.29, 0.717) is 5.92 Å². The molecule has 0 unspecified atom stereocenters. The van der Waals surface area contributed by atoms with Crippen molar-refractivity contribution in [2.75, 3.05) is 0 Å². The number of hydrogen-bond donors (Lipinski definition) is 1. The Bertz CT molecular complexity index is 602. The third kappa shape index (κ3) is 3.10. The fourth-order valence-corrected chi connectivity index (χ4v) is 3.20. The van der Waals surface area contributed by atoms with Crippen molar-refractivity contribution in [1.29, 1.82) is 0 Å². The summed E-state index contributed by atoms with van der Waals surface area (Å²) in [5.41, 5.74) is 2.42. The first kappa shape index (κ1) is 13.8. The monoisotopic (exact) mass is 290 g/mol.